The monoisotopic (exact) mass is 1360 g/mol. The molecule has 104 heavy (non-hydrogen) atoms. The van der Waals surface area contributed by atoms with Crippen LogP contribution in [-0.2, 0) is 10.8 Å². The predicted octanol–water partition coefficient (Wildman–Crippen LogP) is 26.6. The van der Waals surface area contributed by atoms with Gasteiger partial charge in [-0.05, 0) is 226 Å². The van der Waals surface area contributed by atoms with Crippen LogP contribution in [0.3, 0.4) is 0 Å². The molecule has 486 valence electrons. The number of hydrogen-bond donors (Lipinski definition) is 0. The van der Waals surface area contributed by atoms with Crippen LogP contribution in [0.15, 0.2) is 328 Å². The summed E-state index contributed by atoms with van der Waals surface area (Å²) in [7, 11) is 0. The highest BCUT2D eigenvalue weighted by atomic mass is 32.1. The summed E-state index contributed by atoms with van der Waals surface area (Å²) in [6, 6.07) is 111. The second-order valence-corrected chi connectivity index (χ2v) is 32.0. The van der Waals surface area contributed by atoms with Crippen molar-refractivity contribution in [2.24, 2.45) is 0 Å². The normalized spacial score (nSPS) is 18.4. The number of benzene rings is 14. The topological polar surface area (TPSA) is 18.0 Å². The summed E-state index contributed by atoms with van der Waals surface area (Å²) in [4.78, 5) is 2.63. The van der Waals surface area contributed by atoms with Gasteiger partial charge in [-0.25, -0.2) is 0 Å². The Labute approximate surface area is 607 Å². The number of para-hydroxylation sites is 4. The lowest BCUT2D eigenvalue weighted by molar-refractivity contribution is 0.465. The molecule has 2 aliphatic carbocycles. The van der Waals surface area contributed by atoms with Gasteiger partial charge >= 0.3 is 0 Å². The van der Waals surface area contributed by atoms with Crippen molar-refractivity contribution in [3.63, 3.8) is 0 Å². The molecule has 0 N–H and O–H groups in total. The van der Waals surface area contributed by atoms with E-state index in [0.717, 1.165) is 11.4 Å². The molecule has 0 bridgehead atoms. The number of thiophene rings is 2. The first-order chi connectivity index (χ1) is 51.2. The van der Waals surface area contributed by atoms with Gasteiger partial charge in [0, 0.05) is 117 Å². The molecule has 5 aromatic heterocycles. The second kappa shape index (κ2) is 20.7. The first kappa shape index (κ1) is 57.3. The van der Waals surface area contributed by atoms with Crippen molar-refractivity contribution in [1.29, 1.82) is 0 Å². The Morgan fingerprint density at radius 3 is 1.53 bits per heavy atom. The largest absolute Gasteiger partial charge is 0.332 e. The van der Waals surface area contributed by atoms with E-state index in [1.807, 2.05) is 22.7 Å². The van der Waals surface area contributed by atoms with E-state index in [-0.39, 0.29) is 22.9 Å². The van der Waals surface area contributed by atoms with Crippen LogP contribution in [0.4, 0.5) is 11.4 Å². The van der Waals surface area contributed by atoms with Crippen molar-refractivity contribution in [3.8, 4) is 55.9 Å². The van der Waals surface area contributed by atoms with Crippen molar-refractivity contribution in [2.45, 2.75) is 36.8 Å². The first-order valence-electron chi connectivity index (χ1n) is 36.3. The van der Waals surface area contributed by atoms with E-state index in [1.165, 1.54) is 195 Å². The van der Waals surface area contributed by atoms with E-state index in [0.29, 0.717) is 0 Å². The molecule has 4 unspecified atom stereocenters. The minimum atomic E-state index is -0.319. The molecule has 14 aromatic carbocycles. The van der Waals surface area contributed by atoms with Crippen molar-refractivity contribution in [1.82, 2.24) is 13.7 Å². The van der Waals surface area contributed by atoms with E-state index < -0.39 is 0 Å². The number of rotatable bonds is 7. The number of fused-ring (bicyclic) bond motifs is 24. The first-order valence-corrected chi connectivity index (χ1v) is 38.0. The van der Waals surface area contributed by atoms with Crippen LogP contribution < -0.4 is 4.90 Å². The lowest BCUT2D eigenvalue weighted by Gasteiger charge is -2.35. The number of anilines is 2. The second-order valence-electron chi connectivity index (χ2n) is 29.9. The molecule has 5 aliphatic rings. The van der Waals surface area contributed by atoms with Crippen molar-refractivity contribution in [3.05, 3.63) is 350 Å². The highest BCUT2D eigenvalue weighted by Gasteiger charge is 2.55. The molecule has 0 saturated heterocycles. The smallest absolute Gasteiger partial charge is 0.0728 e. The van der Waals surface area contributed by atoms with Gasteiger partial charge in [0.15, 0.2) is 0 Å². The average Bonchev–Trinajstić information content (AvgIpc) is 1.53. The third-order valence-electron chi connectivity index (χ3n) is 24.4. The van der Waals surface area contributed by atoms with Gasteiger partial charge in [-0.1, -0.05) is 188 Å². The summed E-state index contributed by atoms with van der Waals surface area (Å²) in [5, 5.41) is 12.9. The molecule has 0 saturated carbocycles. The molecule has 0 fully saturated rings. The molecular formula is C98H62N4S2. The zero-order valence-corrected chi connectivity index (χ0v) is 58.6. The molecule has 0 amide bonds. The van der Waals surface area contributed by atoms with Gasteiger partial charge in [0.2, 0.25) is 0 Å². The fraction of sp³-hybridized carbons (Fsp3) is 0.0612. The summed E-state index contributed by atoms with van der Waals surface area (Å²) in [5.41, 5.74) is 29.7. The third kappa shape index (κ3) is 7.75. The molecule has 0 spiro atoms. The Morgan fingerprint density at radius 1 is 0.327 bits per heavy atom. The average molecular weight is 1360 g/mol. The Balaban J connectivity index is 0.564. The van der Waals surface area contributed by atoms with Crippen LogP contribution in [-0.4, -0.2) is 19.7 Å². The lowest BCUT2D eigenvalue weighted by Crippen LogP contribution is -2.38. The highest BCUT2D eigenvalue weighted by molar-refractivity contribution is 7.26. The maximum atomic E-state index is 2.63. The van der Waals surface area contributed by atoms with Crippen LogP contribution in [0.25, 0.3) is 173 Å². The van der Waals surface area contributed by atoms with Gasteiger partial charge in [0.05, 0.1) is 39.7 Å². The Kier molecular flexibility index (Phi) is 11.4. The maximum Gasteiger partial charge on any atom is 0.0728 e. The fourth-order valence-electron chi connectivity index (χ4n) is 19.6. The van der Waals surface area contributed by atoms with Gasteiger partial charge in [0.1, 0.15) is 0 Å². The van der Waals surface area contributed by atoms with E-state index in [1.54, 1.807) is 0 Å². The summed E-state index contributed by atoms with van der Waals surface area (Å²) in [6.07, 6.45) is 14.3. The fourth-order valence-corrected chi connectivity index (χ4v) is 21.7. The zero-order valence-electron chi connectivity index (χ0n) is 56.9. The number of allylic oxidation sites excluding steroid dienone is 6. The molecule has 8 heterocycles. The summed E-state index contributed by atoms with van der Waals surface area (Å²) in [6.45, 7) is 4.90. The molecule has 4 atom stereocenters. The Morgan fingerprint density at radius 2 is 0.817 bits per heavy atom. The quantitative estimate of drug-likeness (QED) is 0.156. The standard InChI is InChI=1S/C98H62N4S2/c1-97-46-14-13-25-94(97)102-86-23-11-5-17-71(86)79-51-65(54-82(97)95(79)102)57-26-36-67(37-27-57)99-84-21-9-4-16-70(84)75-47-59(31-41-87(75)99)60-33-44-92-77(49-60)78-50-61(34-45-93(78)104-92)63-32-42-88-81(53-63)98(2)56-66(52-80-72-18-6-10-22-85(72)101(88)96(80)98)58-28-38-68(39-29-58)100-83-20-8-3-15-69(83)73-40-30-64(55-89(73)100)62-35-43-91-76(48-62)74-19-7-12-24-90(74)103-91/h3-56,94,96H,1-2H3. The van der Waals surface area contributed by atoms with Gasteiger partial charge in [-0.2, -0.15) is 0 Å². The zero-order chi connectivity index (χ0) is 68.0. The van der Waals surface area contributed by atoms with E-state index in [2.05, 4.69) is 360 Å². The van der Waals surface area contributed by atoms with E-state index >= 15 is 0 Å². The highest BCUT2D eigenvalue weighted by Crippen LogP contribution is 2.63. The van der Waals surface area contributed by atoms with Gasteiger partial charge in [0.25, 0.3) is 0 Å². The molecule has 19 aromatic rings. The van der Waals surface area contributed by atoms with Crippen LogP contribution in [0.2, 0.25) is 0 Å². The molecule has 24 rings (SSSR count). The maximum absolute atomic E-state index is 2.63. The predicted molar refractivity (Wildman–Crippen MR) is 442 cm³/mol. The summed E-state index contributed by atoms with van der Waals surface area (Å²) < 4.78 is 12.8. The minimum Gasteiger partial charge on any atom is -0.332 e. The van der Waals surface area contributed by atoms with Crippen LogP contribution in [0.5, 0.6) is 0 Å². The van der Waals surface area contributed by atoms with E-state index in [9.17, 15) is 0 Å². The Hall–Kier alpha value is -12.3. The molecule has 6 heteroatoms. The van der Waals surface area contributed by atoms with Crippen molar-refractivity contribution < 1.29 is 0 Å². The van der Waals surface area contributed by atoms with Gasteiger partial charge in [-0.3, -0.25) is 0 Å². The van der Waals surface area contributed by atoms with Crippen molar-refractivity contribution in [2.75, 3.05) is 4.90 Å². The van der Waals surface area contributed by atoms with Crippen LogP contribution >= 0.6 is 22.7 Å². The number of hydrogen-bond acceptors (Lipinski definition) is 3. The van der Waals surface area contributed by atoms with Gasteiger partial charge < -0.3 is 18.6 Å². The number of aromatic nitrogens is 3. The van der Waals surface area contributed by atoms with Crippen molar-refractivity contribution >= 4 is 151 Å². The minimum absolute atomic E-state index is 0.113. The summed E-state index contributed by atoms with van der Waals surface area (Å²) >= 11 is 3.76. The van der Waals surface area contributed by atoms with Crippen LogP contribution in [0, 0.1) is 0 Å². The Bertz CT molecular complexity index is 7220. The molecular weight excluding hydrogens is 1300 g/mol. The summed E-state index contributed by atoms with van der Waals surface area (Å²) in [5.74, 6) is 0. The third-order valence-corrected chi connectivity index (χ3v) is 26.7. The van der Waals surface area contributed by atoms with Crippen LogP contribution in [0.1, 0.15) is 42.1 Å². The van der Waals surface area contributed by atoms with Gasteiger partial charge in [-0.15, -0.1) is 22.7 Å². The van der Waals surface area contributed by atoms with E-state index in [4.69, 9.17) is 0 Å². The molecule has 3 aliphatic heterocycles. The molecule has 4 nitrogen and oxygen atoms in total. The SMILES string of the molecule is CC12C=C(c3ccc(-n4c5ccccc5c5ccc(-c6ccc7sc8ccccc8c7c6)cc54)cc3)C=C3c4ccccc4N(c4ccc(-c5ccc6sc7ccc(-c8ccc9c(c8)c8ccccc8n9-c8ccc(-c9cc%10c%11c(c9)c9ccccc9n%11C9C=CC=CC%109C)cc8)cc7c6c5)cc41)C32. The number of nitrogens with zero attached hydrogens (tertiary/aromatic N) is 4. The molecule has 0 radical (unpaired) electrons. The lowest BCUT2D eigenvalue weighted by atomic mass is 9.70.